The van der Waals surface area contributed by atoms with Gasteiger partial charge in [0.1, 0.15) is 5.82 Å². The molecule has 0 bridgehead atoms. The number of nitrogens with zero attached hydrogens (tertiary/aromatic N) is 4. The summed E-state index contributed by atoms with van der Waals surface area (Å²) in [6, 6.07) is 3.46. The van der Waals surface area contributed by atoms with Crippen molar-refractivity contribution in [3.05, 3.63) is 17.8 Å². The first-order valence-electron chi connectivity index (χ1n) is 5.20. The van der Waals surface area contributed by atoms with Crippen molar-refractivity contribution in [3.8, 4) is 11.8 Å². The first-order valence-corrected chi connectivity index (χ1v) is 6.43. The molecule has 0 radical (unpaired) electrons. The standard InChI is InChI=1S/C10H14N6OS/c1-6-4-9(16(2)15-6)17-8-5-7(14-11)12-10(13-8)18-3/h4-5H,11H2,1-3H3,(H,12,13,14). The lowest BCUT2D eigenvalue weighted by Gasteiger charge is -2.07. The number of aromatic nitrogens is 4. The molecule has 0 fully saturated rings. The number of ether oxygens (including phenoxy) is 1. The average molecular weight is 266 g/mol. The van der Waals surface area contributed by atoms with Crippen molar-refractivity contribution in [2.75, 3.05) is 11.7 Å². The van der Waals surface area contributed by atoms with Crippen molar-refractivity contribution < 1.29 is 4.74 Å². The Kier molecular flexibility index (Phi) is 3.68. The van der Waals surface area contributed by atoms with Crippen LogP contribution in [0.3, 0.4) is 0 Å². The normalized spacial score (nSPS) is 10.4. The van der Waals surface area contributed by atoms with Crippen molar-refractivity contribution in [1.29, 1.82) is 0 Å². The molecular weight excluding hydrogens is 252 g/mol. The van der Waals surface area contributed by atoms with Crippen LogP contribution in [0.2, 0.25) is 0 Å². The van der Waals surface area contributed by atoms with Crippen LogP contribution >= 0.6 is 11.8 Å². The minimum Gasteiger partial charge on any atom is -0.421 e. The van der Waals surface area contributed by atoms with E-state index in [1.165, 1.54) is 11.8 Å². The SMILES string of the molecule is CSc1nc(NN)cc(Oc2cc(C)nn2C)n1. The van der Waals surface area contributed by atoms with Gasteiger partial charge in [0.25, 0.3) is 0 Å². The number of nitrogens with two attached hydrogens (primary N) is 1. The molecule has 7 nitrogen and oxygen atoms in total. The lowest BCUT2D eigenvalue weighted by Crippen LogP contribution is -2.09. The second-order valence-electron chi connectivity index (χ2n) is 3.57. The second-order valence-corrected chi connectivity index (χ2v) is 4.35. The van der Waals surface area contributed by atoms with E-state index < -0.39 is 0 Å². The number of anilines is 1. The van der Waals surface area contributed by atoms with Crippen molar-refractivity contribution in [2.45, 2.75) is 12.1 Å². The number of hydrazine groups is 1. The molecule has 96 valence electrons. The number of rotatable bonds is 4. The third-order valence-electron chi connectivity index (χ3n) is 2.18. The van der Waals surface area contributed by atoms with Gasteiger partial charge in [0, 0.05) is 19.2 Å². The van der Waals surface area contributed by atoms with Crippen LogP contribution < -0.4 is 16.0 Å². The molecule has 18 heavy (non-hydrogen) atoms. The fraction of sp³-hybridized carbons (Fsp3) is 0.300. The minimum absolute atomic E-state index is 0.422. The van der Waals surface area contributed by atoms with E-state index in [1.54, 1.807) is 17.8 Å². The van der Waals surface area contributed by atoms with Gasteiger partial charge in [0.15, 0.2) is 5.16 Å². The summed E-state index contributed by atoms with van der Waals surface area (Å²) in [7, 11) is 1.81. The molecule has 0 aliphatic heterocycles. The van der Waals surface area contributed by atoms with Crippen LogP contribution in [0.25, 0.3) is 0 Å². The summed E-state index contributed by atoms with van der Waals surface area (Å²) < 4.78 is 7.30. The Bertz CT molecular complexity index is 533. The van der Waals surface area contributed by atoms with E-state index in [2.05, 4.69) is 20.5 Å². The lowest BCUT2D eigenvalue weighted by atomic mass is 10.5. The predicted molar refractivity (Wildman–Crippen MR) is 69.6 cm³/mol. The molecule has 2 aromatic heterocycles. The Morgan fingerprint density at radius 3 is 2.72 bits per heavy atom. The molecule has 2 heterocycles. The highest BCUT2D eigenvalue weighted by Gasteiger charge is 2.08. The van der Waals surface area contributed by atoms with Gasteiger partial charge in [-0.05, 0) is 13.2 Å². The predicted octanol–water partition coefficient (Wildman–Crippen LogP) is 1.32. The van der Waals surface area contributed by atoms with Gasteiger partial charge in [0.05, 0.1) is 5.69 Å². The van der Waals surface area contributed by atoms with Crippen molar-refractivity contribution >= 4 is 17.6 Å². The van der Waals surface area contributed by atoms with E-state index in [0.29, 0.717) is 22.7 Å². The third-order valence-corrected chi connectivity index (χ3v) is 2.73. The van der Waals surface area contributed by atoms with Crippen molar-refractivity contribution in [2.24, 2.45) is 12.9 Å². The quantitative estimate of drug-likeness (QED) is 0.373. The monoisotopic (exact) mass is 266 g/mol. The highest BCUT2D eigenvalue weighted by Crippen LogP contribution is 2.23. The van der Waals surface area contributed by atoms with E-state index in [1.807, 2.05) is 19.2 Å². The number of hydrogen-bond acceptors (Lipinski definition) is 7. The number of nitrogens with one attached hydrogen (secondary N) is 1. The molecular formula is C10H14N6OS. The molecule has 0 amide bonds. The van der Waals surface area contributed by atoms with Gasteiger partial charge in [-0.2, -0.15) is 10.1 Å². The maximum Gasteiger partial charge on any atom is 0.227 e. The molecule has 2 aromatic rings. The van der Waals surface area contributed by atoms with E-state index in [4.69, 9.17) is 10.6 Å². The van der Waals surface area contributed by atoms with Gasteiger partial charge in [0.2, 0.25) is 11.8 Å². The van der Waals surface area contributed by atoms with Gasteiger partial charge in [-0.25, -0.2) is 15.5 Å². The molecule has 0 atom stereocenters. The van der Waals surface area contributed by atoms with Crippen molar-refractivity contribution in [1.82, 2.24) is 19.7 Å². The molecule has 0 unspecified atom stereocenters. The maximum absolute atomic E-state index is 5.66. The fourth-order valence-corrected chi connectivity index (χ4v) is 1.78. The Labute approximate surface area is 109 Å². The zero-order chi connectivity index (χ0) is 13.1. The van der Waals surface area contributed by atoms with Crippen molar-refractivity contribution in [3.63, 3.8) is 0 Å². The van der Waals surface area contributed by atoms with Crippen LogP contribution in [0, 0.1) is 6.92 Å². The Balaban J connectivity index is 2.30. The van der Waals surface area contributed by atoms with Gasteiger partial charge in [-0.1, -0.05) is 11.8 Å². The third kappa shape index (κ3) is 2.71. The summed E-state index contributed by atoms with van der Waals surface area (Å²) in [5.41, 5.74) is 3.36. The van der Waals surface area contributed by atoms with Crippen LogP contribution in [0.4, 0.5) is 5.82 Å². The van der Waals surface area contributed by atoms with E-state index in [0.717, 1.165) is 5.69 Å². The molecule has 0 aromatic carbocycles. The summed E-state index contributed by atoms with van der Waals surface area (Å²) in [6.07, 6.45) is 1.88. The number of nitrogen functional groups attached to an aromatic ring is 1. The average Bonchev–Trinajstić information content (AvgIpc) is 2.67. The molecule has 8 heteroatoms. The first kappa shape index (κ1) is 12.7. The smallest absolute Gasteiger partial charge is 0.227 e. The van der Waals surface area contributed by atoms with Gasteiger partial charge >= 0.3 is 0 Å². The highest BCUT2D eigenvalue weighted by atomic mass is 32.2. The van der Waals surface area contributed by atoms with Crippen LogP contribution in [0.5, 0.6) is 11.8 Å². The van der Waals surface area contributed by atoms with Crippen LogP contribution in [-0.2, 0) is 7.05 Å². The largest absolute Gasteiger partial charge is 0.421 e. The molecule has 0 aliphatic rings. The number of thioether (sulfide) groups is 1. The second kappa shape index (κ2) is 5.23. The number of aryl methyl sites for hydroxylation is 2. The maximum atomic E-state index is 5.66. The Morgan fingerprint density at radius 1 is 1.39 bits per heavy atom. The zero-order valence-corrected chi connectivity index (χ0v) is 11.2. The summed E-state index contributed by atoms with van der Waals surface area (Å²) >= 11 is 1.41. The molecule has 3 N–H and O–H groups in total. The summed E-state index contributed by atoms with van der Waals surface area (Å²) in [5, 5.41) is 4.78. The topological polar surface area (TPSA) is 90.9 Å². The molecule has 2 rings (SSSR count). The van der Waals surface area contributed by atoms with Gasteiger partial charge in [-0.3, -0.25) is 0 Å². The van der Waals surface area contributed by atoms with E-state index >= 15 is 0 Å². The van der Waals surface area contributed by atoms with Gasteiger partial charge in [-0.15, -0.1) is 0 Å². The van der Waals surface area contributed by atoms with Gasteiger partial charge < -0.3 is 10.2 Å². The Morgan fingerprint density at radius 2 is 2.17 bits per heavy atom. The highest BCUT2D eigenvalue weighted by molar-refractivity contribution is 7.98. The first-order chi connectivity index (χ1) is 8.62. The van der Waals surface area contributed by atoms with Crippen LogP contribution in [0.15, 0.2) is 17.3 Å². The van der Waals surface area contributed by atoms with Crippen LogP contribution in [0.1, 0.15) is 5.69 Å². The van der Waals surface area contributed by atoms with Crippen LogP contribution in [-0.4, -0.2) is 26.0 Å². The zero-order valence-electron chi connectivity index (χ0n) is 10.3. The summed E-state index contributed by atoms with van der Waals surface area (Å²) in [5.74, 6) is 6.88. The Hall–Kier alpha value is -1.80. The molecule has 0 saturated carbocycles. The fourth-order valence-electron chi connectivity index (χ4n) is 1.41. The minimum atomic E-state index is 0.422. The van der Waals surface area contributed by atoms with E-state index in [-0.39, 0.29) is 0 Å². The molecule has 0 spiro atoms. The molecule has 0 aliphatic carbocycles. The lowest BCUT2D eigenvalue weighted by molar-refractivity contribution is 0.410. The molecule has 0 saturated heterocycles. The summed E-state index contributed by atoms with van der Waals surface area (Å²) in [4.78, 5) is 8.39. The summed E-state index contributed by atoms with van der Waals surface area (Å²) in [6.45, 7) is 1.90. The number of hydrogen-bond donors (Lipinski definition) is 2. The van der Waals surface area contributed by atoms with E-state index in [9.17, 15) is 0 Å².